The highest BCUT2D eigenvalue weighted by atomic mass is 15.4. The summed E-state index contributed by atoms with van der Waals surface area (Å²) < 4.78 is 0. The van der Waals surface area contributed by atoms with Crippen molar-refractivity contribution in [3.05, 3.63) is 61.5 Å². The first kappa shape index (κ1) is 12.5. The summed E-state index contributed by atoms with van der Waals surface area (Å²) in [5.74, 6) is 0.243. The van der Waals surface area contributed by atoms with Gasteiger partial charge in [-0.1, -0.05) is 43.5 Å². The van der Waals surface area contributed by atoms with E-state index >= 15 is 0 Å². The zero-order chi connectivity index (χ0) is 12.3. The molecule has 0 aromatic heterocycles. The van der Waals surface area contributed by atoms with Gasteiger partial charge in [-0.3, -0.25) is 0 Å². The van der Waals surface area contributed by atoms with Crippen molar-refractivity contribution >= 4 is 12.2 Å². The van der Waals surface area contributed by atoms with Crippen LogP contribution in [0.4, 0.5) is 0 Å². The number of aliphatic imine (C=N–C) groups is 1. The summed E-state index contributed by atoms with van der Waals surface area (Å²) in [5, 5.41) is 11.3. The second-order valence-corrected chi connectivity index (χ2v) is 2.81. The fourth-order valence-corrected chi connectivity index (χ4v) is 0.963. The van der Waals surface area contributed by atoms with E-state index in [0.29, 0.717) is 0 Å². The quantitative estimate of drug-likeness (QED) is 0.365. The number of hydrogen-bond donors (Lipinski definition) is 1. The first-order chi connectivity index (χ1) is 8.36. The Morgan fingerprint density at radius 3 is 2.53 bits per heavy atom. The molecule has 0 saturated carbocycles. The summed E-state index contributed by atoms with van der Waals surface area (Å²) in [6.07, 6.45) is 4.31. The number of nitrogens with zero attached hydrogens (tertiary/aromatic N) is 4. The van der Waals surface area contributed by atoms with Crippen LogP contribution < -0.4 is 5.43 Å². The van der Waals surface area contributed by atoms with Crippen LogP contribution in [0, 0.1) is 0 Å². The molecule has 5 heteroatoms. The molecule has 1 aromatic rings. The molecule has 5 nitrogen and oxygen atoms in total. The van der Waals surface area contributed by atoms with Crippen molar-refractivity contribution in [3.8, 4) is 0 Å². The summed E-state index contributed by atoms with van der Waals surface area (Å²) in [4.78, 5) is 3.84. The lowest BCUT2D eigenvalue weighted by molar-refractivity contribution is 0.992. The third-order valence-corrected chi connectivity index (χ3v) is 1.63. The maximum absolute atomic E-state index is 3.97. The first-order valence-electron chi connectivity index (χ1n) is 4.91. The molecule has 17 heavy (non-hydrogen) atoms. The maximum atomic E-state index is 3.97. The first-order valence-corrected chi connectivity index (χ1v) is 4.91. The molecule has 0 amide bonds. The van der Waals surface area contributed by atoms with Gasteiger partial charge < -0.3 is 0 Å². The number of benzene rings is 1. The Balaban J connectivity index is 2.61. The van der Waals surface area contributed by atoms with Crippen LogP contribution in [0.3, 0.4) is 0 Å². The van der Waals surface area contributed by atoms with Gasteiger partial charge in [-0.15, -0.1) is 5.11 Å². The van der Waals surface area contributed by atoms with Crippen molar-refractivity contribution in [2.45, 2.75) is 0 Å². The molecule has 0 aliphatic rings. The summed E-state index contributed by atoms with van der Waals surface area (Å²) in [6.45, 7) is 6.88. The van der Waals surface area contributed by atoms with Gasteiger partial charge in [0, 0.05) is 12.4 Å². The summed E-state index contributed by atoms with van der Waals surface area (Å²) >= 11 is 0. The maximum Gasteiger partial charge on any atom is 0.263 e. The second kappa shape index (κ2) is 7.70. The lowest BCUT2D eigenvalue weighted by atomic mass is 10.2. The molecule has 0 fully saturated rings. The van der Waals surface area contributed by atoms with Crippen LogP contribution in [-0.2, 0) is 0 Å². The van der Waals surface area contributed by atoms with Gasteiger partial charge in [-0.25, -0.2) is 10.4 Å². The molecule has 86 valence electrons. The highest BCUT2D eigenvalue weighted by Gasteiger charge is 1.90. The van der Waals surface area contributed by atoms with Crippen LogP contribution in [0.25, 0.3) is 0 Å². The highest BCUT2D eigenvalue weighted by Crippen LogP contribution is 1.93. The van der Waals surface area contributed by atoms with Crippen molar-refractivity contribution in [3.63, 3.8) is 0 Å². The van der Waals surface area contributed by atoms with E-state index in [1.807, 2.05) is 30.3 Å². The Morgan fingerprint density at radius 1 is 1.12 bits per heavy atom. The van der Waals surface area contributed by atoms with E-state index in [1.54, 1.807) is 6.21 Å². The third-order valence-electron chi connectivity index (χ3n) is 1.63. The van der Waals surface area contributed by atoms with Gasteiger partial charge in [-0.2, -0.15) is 10.2 Å². The van der Waals surface area contributed by atoms with E-state index in [9.17, 15) is 0 Å². The molecule has 0 radical (unpaired) electrons. The van der Waals surface area contributed by atoms with Crippen LogP contribution >= 0.6 is 0 Å². The Hall–Kier alpha value is -2.56. The van der Waals surface area contributed by atoms with E-state index in [1.165, 1.54) is 12.4 Å². The lowest BCUT2D eigenvalue weighted by Crippen LogP contribution is -2.14. The molecule has 1 rings (SSSR count). The van der Waals surface area contributed by atoms with Crippen LogP contribution in [0.15, 0.2) is 76.2 Å². The van der Waals surface area contributed by atoms with Gasteiger partial charge in [0.05, 0.1) is 6.21 Å². The normalized spacial score (nSPS) is 11.9. The smallest absolute Gasteiger partial charge is 0.244 e. The van der Waals surface area contributed by atoms with Crippen molar-refractivity contribution in [2.75, 3.05) is 0 Å². The predicted molar refractivity (Wildman–Crippen MR) is 69.9 cm³/mol. The number of azo groups is 1. The molecule has 0 aliphatic heterocycles. The topological polar surface area (TPSA) is 61.5 Å². The Kier molecular flexibility index (Phi) is 5.66. The van der Waals surface area contributed by atoms with Gasteiger partial charge in [0.25, 0.3) is 5.96 Å². The molecule has 0 saturated heterocycles. The lowest BCUT2D eigenvalue weighted by Gasteiger charge is -1.96. The van der Waals surface area contributed by atoms with Crippen molar-refractivity contribution in [2.24, 2.45) is 20.3 Å². The van der Waals surface area contributed by atoms with Crippen LogP contribution in [0.5, 0.6) is 0 Å². The number of rotatable bonds is 4. The van der Waals surface area contributed by atoms with Gasteiger partial charge in [0.15, 0.2) is 0 Å². The monoisotopic (exact) mass is 227 g/mol. The molecule has 0 bridgehead atoms. The Bertz CT molecular complexity index is 445. The van der Waals surface area contributed by atoms with Gasteiger partial charge in [-0.05, 0) is 5.56 Å². The third kappa shape index (κ3) is 5.17. The molecule has 1 N–H and O–H groups in total. The van der Waals surface area contributed by atoms with E-state index in [2.05, 4.69) is 38.9 Å². The predicted octanol–water partition coefficient (Wildman–Crippen LogP) is 2.71. The average Bonchev–Trinajstić information content (AvgIpc) is 2.37. The molecular weight excluding hydrogens is 214 g/mol. The molecule has 0 atom stereocenters. The molecular formula is C12H13N5. The minimum atomic E-state index is 0.243. The number of nitrogens with one attached hydrogen (secondary N) is 1. The minimum absolute atomic E-state index is 0.243. The zero-order valence-electron chi connectivity index (χ0n) is 9.32. The van der Waals surface area contributed by atoms with Gasteiger partial charge in [0.2, 0.25) is 0 Å². The fraction of sp³-hybridized carbons (Fsp3) is 0. The van der Waals surface area contributed by atoms with Crippen molar-refractivity contribution in [1.29, 1.82) is 0 Å². The number of hydrazone groups is 1. The van der Waals surface area contributed by atoms with E-state index in [-0.39, 0.29) is 5.96 Å². The molecule has 0 heterocycles. The summed E-state index contributed by atoms with van der Waals surface area (Å²) in [7, 11) is 0. The zero-order valence-corrected chi connectivity index (χ0v) is 9.32. The summed E-state index contributed by atoms with van der Waals surface area (Å²) in [5.41, 5.74) is 3.61. The molecule has 0 unspecified atom stereocenters. The van der Waals surface area contributed by atoms with Gasteiger partial charge in [0.1, 0.15) is 0 Å². The summed E-state index contributed by atoms with van der Waals surface area (Å²) in [6, 6.07) is 9.66. The number of guanidine groups is 1. The van der Waals surface area contributed by atoms with Crippen LogP contribution in [-0.4, -0.2) is 12.2 Å². The van der Waals surface area contributed by atoms with E-state index in [4.69, 9.17) is 0 Å². The van der Waals surface area contributed by atoms with Crippen LogP contribution in [0.2, 0.25) is 0 Å². The Labute approximate surface area is 100.0 Å². The second-order valence-electron chi connectivity index (χ2n) is 2.81. The van der Waals surface area contributed by atoms with E-state index < -0.39 is 0 Å². The van der Waals surface area contributed by atoms with Crippen molar-refractivity contribution in [1.82, 2.24) is 5.43 Å². The minimum Gasteiger partial charge on any atom is -0.244 e. The SMILES string of the molecule is C=CN=NC(=NC=C)N/N=C/c1ccccc1. The Morgan fingerprint density at radius 2 is 1.88 bits per heavy atom. The highest BCUT2D eigenvalue weighted by molar-refractivity contribution is 5.84. The van der Waals surface area contributed by atoms with E-state index in [0.717, 1.165) is 5.56 Å². The number of hydrogen-bond acceptors (Lipinski definition) is 3. The van der Waals surface area contributed by atoms with Crippen LogP contribution in [0.1, 0.15) is 5.56 Å². The van der Waals surface area contributed by atoms with Crippen molar-refractivity contribution < 1.29 is 0 Å². The van der Waals surface area contributed by atoms with Gasteiger partial charge >= 0.3 is 0 Å². The average molecular weight is 227 g/mol. The molecule has 1 aromatic carbocycles. The standard InChI is InChI=1S/C12H13N5/c1-3-13-12(16-14-4-2)17-15-10-11-8-6-5-7-9-11/h3-10H,1-2H2,(H,13,17)/b15-10+,16-14?. The molecule has 0 spiro atoms. The molecule has 0 aliphatic carbocycles. The largest absolute Gasteiger partial charge is 0.263 e. The fourth-order valence-electron chi connectivity index (χ4n) is 0.963.